The summed E-state index contributed by atoms with van der Waals surface area (Å²) in [6.07, 6.45) is 3.19. The first-order valence-electron chi connectivity index (χ1n) is 5.32. The number of amides is 1. The largest absolute Gasteiger partial charge is 0.305 e. The van der Waals surface area contributed by atoms with Crippen LogP contribution in [0.1, 0.15) is 16.1 Å². The summed E-state index contributed by atoms with van der Waals surface area (Å²) in [5.74, 6) is 0.348. The van der Waals surface area contributed by atoms with E-state index >= 15 is 0 Å². The Balaban J connectivity index is 2.01. The molecule has 2 aromatic heterocycles. The second kappa shape index (κ2) is 5.37. The fraction of sp³-hybridized carbons (Fsp3) is 0.167. The fourth-order valence-electron chi connectivity index (χ4n) is 1.34. The van der Waals surface area contributed by atoms with Crippen molar-refractivity contribution < 1.29 is 4.79 Å². The summed E-state index contributed by atoms with van der Waals surface area (Å²) < 4.78 is 0.703. The Hall–Kier alpha value is -1.59. The highest BCUT2D eigenvalue weighted by atomic mass is 35.5. The summed E-state index contributed by atoms with van der Waals surface area (Å²) >= 11 is 7.22. The number of thiophene rings is 1. The van der Waals surface area contributed by atoms with Crippen molar-refractivity contribution in [1.29, 1.82) is 0 Å². The summed E-state index contributed by atoms with van der Waals surface area (Å²) in [5.41, 5.74) is 1.88. The molecule has 0 saturated carbocycles. The third-order valence-corrected chi connectivity index (χ3v) is 3.68. The molecule has 0 atom stereocenters. The summed E-state index contributed by atoms with van der Waals surface area (Å²) in [5, 5.41) is 9.53. The van der Waals surface area contributed by atoms with Crippen LogP contribution in [0.3, 0.4) is 0 Å². The first-order valence-corrected chi connectivity index (χ1v) is 6.51. The molecule has 0 bridgehead atoms. The zero-order valence-electron chi connectivity index (χ0n) is 9.95. The van der Waals surface area contributed by atoms with Gasteiger partial charge in [-0.05, 0) is 32.1 Å². The summed E-state index contributed by atoms with van der Waals surface area (Å²) in [6.45, 7) is 3.80. The maximum absolute atomic E-state index is 11.7. The smallest absolute Gasteiger partial charge is 0.249 e. The van der Waals surface area contributed by atoms with Gasteiger partial charge in [0.15, 0.2) is 5.82 Å². The molecule has 2 aromatic rings. The number of aromatic nitrogens is 2. The second-order valence-corrected chi connectivity index (χ2v) is 5.53. The predicted octanol–water partition coefficient (Wildman–Crippen LogP) is 3.39. The number of aromatic amines is 1. The molecule has 94 valence electrons. The number of carbonyl (C=O) groups is 1. The van der Waals surface area contributed by atoms with Crippen LogP contribution in [-0.4, -0.2) is 16.1 Å². The van der Waals surface area contributed by atoms with Gasteiger partial charge in [0.2, 0.25) is 5.91 Å². The van der Waals surface area contributed by atoms with Crippen LogP contribution >= 0.6 is 22.9 Å². The Morgan fingerprint density at radius 1 is 1.50 bits per heavy atom. The van der Waals surface area contributed by atoms with Crippen LogP contribution in [0.4, 0.5) is 5.82 Å². The number of hydrogen-bond acceptors (Lipinski definition) is 3. The van der Waals surface area contributed by atoms with Crippen LogP contribution in [0, 0.1) is 13.8 Å². The average molecular weight is 282 g/mol. The Bertz CT molecular complexity index is 600. The van der Waals surface area contributed by atoms with E-state index < -0.39 is 0 Å². The average Bonchev–Trinajstić information content (AvgIpc) is 2.88. The molecule has 2 N–H and O–H groups in total. The van der Waals surface area contributed by atoms with Crippen molar-refractivity contribution in [3.05, 3.63) is 38.7 Å². The van der Waals surface area contributed by atoms with Gasteiger partial charge in [0.05, 0.1) is 4.34 Å². The molecule has 2 rings (SSSR count). The normalized spacial score (nSPS) is 11.1. The molecule has 0 radical (unpaired) electrons. The van der Waals surface area contributed by atoms with Crippen LogP contribution < -0.4 is 5.32 Å². The molecule has 0 saturated heterocycles. The van der Waals surface area contributed by atoms with Gasteiger partial charge < -0.3 is 5.32 Å². The molecule has 18 heavy (non-hydrogen) atoms. The SMILES string of the molecule is Cc1[nH]nc(NC(=O)/C=C/c2ccc(Cl)s2)c1C. The van der Waals surface area contributed by atoms with Crippen molar-refractivity contribution in [1.82, 2.24) is 10.2 Å². The van der Waals surface area contributed by atoms with E-state index in [0.29, 0.717) is 10.2 Å². The molecule has 0 aliphatic rings. The molecule has 0 aromatic carbocycles. The Morgan fingerprint density at radius 2 is 2.28 bits per heavy atom. The van der Waals surface area contributed by atoms with Crippen molar-refractivity contribution >= 4 is 40.7 Å². The number of hydrogen-bond donors (Lipinski definition) is 2. The van der Waals surface area contributed by atoms with Gasteiger partial charge in [-0.1, -0.05) is 11.6 Å². The molecule has 2 heterocycles. The zero-order valence-corrected chi connectivity index (χ0v) is 11.5. The van der Waals surface area contributed by atoms with Gasteiger partial charge >= 0.3 is 0 Å². The van der Waals surface area contributed by atoms with Crippen molar-refractivity contribution in [2.24, 2.45) is 0 Å². The van der Waals surface area contributed by atoms with Gasteiger partial charge in [0.1, 0.15) is 0 Å². The lowest BCUT2D eigenvalue weighted by atomic mass is 10.3. The molecular weight excluding hydrogens is 270 g/mol. The summed E-state index contributed by atoms with van der Waals surface area (Å²) in [4.78, 5) is 12.6. The lowest BCUT2D eigenvalue weighted by molar-refractivity contribution is -0.111. The highest BCUT2D eigenvalue weighted by Gasteiger charge is 2.07. The van der Waals surface area contributed by atoms with E-state index in [0.717, 1.165) is 16.1 Å². The summed E-state index contributed by atoms with van der Waals surface area (Å²) in [7, 11) is 0. The van der Waals surface area contributed by atoms with Crippen LogP contribution in [0.25, 0.3) is 6.08 Å². The zero-order chi connectivity index (χ0) is 13.1. The standard InChI is InChI=1S/C12H12ClN3OS/c1-7-8(2)15-16-12(7)14-11(17)6-4-9-3-5-10(13)18-9/h3-6H,1-2H3,(H2,14,15,16,17)/b6-4+. The third-order valence-electron chi connectivity index (χ3n) is 2.49. The van der Waals surface area contributed by atoms with E-state index in [1.807, 2.05) is 19.9 Å². The van der Waals surface area contributed by atoms with Gasteiger partial charge in [-0.15, -0.1) is 11.3 Å². The number of aryl methyl sites for hydroxylation is 1. The number of H-pyrrole nitrogens is 1. The van der Waals surface area contributed by atoms with Crippen molar-refractivity contribution in [3.63, 3.8) is 0 Å². The first-order chi connectivity index (χ1) is 8.56. The highest BCUT2D eigenvalue weighted by molar-refractivity contribution is 7.17. The van der Waals surface area contributed by atoms with E-state index in [4.69, 9.17) is 11.6 Å². The van der Waals surface area contributed by atoms with E-state index in [1.54, 1.807) is 12.1 Å². The maximum Gasteiger partial charge on any atom is 0.249 e. The number of nitrogens with zero attached hydrogens (tertiary/aromatic N) is 1. The monoisotopic (exact) mass is 281 g/mol. The van der Waals surface area contributed by atoms with Crippen LogP contribution in [0.15, 0.2) is 18.2 Å². The topological polar surface area (TPSA) is 57.8 Å². The van der Waals surface area contributed by atoms with Gasteiger partial charge in [-0.25, -0.2) is 0 Å². The van der Waals surface area contributed by atoms with Gasteiger partial charge in [0.25, 0.3) is 0 Å². The number of anilines is 1. The minimum absolute atomic E-state index is 0.214. The number of nitrogens with one attached hydrogen (secondary N) is 2. The second-order valence-electron chi connectivity index (χ2n) is 3.79. The molecule has 0 aliphatic carbocycles. The highest BCUT2D eigenvalue weighted by Crippen LogP contribution is 2.22. The van der Waals surface area contributed by atoms with E-state index in [-0.39, 0.29) is 5.91 Å². The number of carbonyl (C=O) groups excluding carboxylic acids is 1. The predicted molar refractivity (Wildman–Crippen MR) is 75.1 cm³/mol. The van der Waals surface area contributed by atoms with Crippen molar-refractivity contribution in [2.45, 2.75) is 13.8 Å². The molecule has 6 heteroatoms. The lowest BCUT2D eigenvalue weighted by Crippen LogP contribution is -2.08. The Labute approximate surface area is 114 Å². The maximum atomic E-state index is 11.7. The van der Waals surface area contributed by atoms with Crippen molar-refractivity contribution in [2.75, 3.05) is 5.32 Å². The molecule has 0 spiro atoms. The molecule has 4 nitrogen and oxygen atoms in total. The molecule has 0 aliphatic heterocycles. The Morgan fingerprint density at radius 3 is 2.83 bits per heavy atom. The fourth-order valence-corrected chi connectivity index (χ4v) is 2.30. The first kappa shape index (κ1) is 12.9. The van der Waals surface area contributed by atoms with E-state index in [9.17, 15) is 4.79 Å². The quantitative estimate of drug-likeness (QED) is 0.847. The minimum Gasteiger partial charge on any atom is -0.305 e. The summed E-state index contributed by atoms with van der Waals surface area (Å²) in [6, 6.07) is 3.66. The minimum atomic E-state index is -0.214. The lowest BCUT2D eigenvalue weighted by Gasteiger charge is -1.98. The molecule has 0 unspecified atom stereocenters. The van der Waals surface area contributed by atoms with Crippen LogP contribution in [0.2, 0.25) is 4.34 Å². The number of rotatable bonds is 3. The molecular formula is C12H12ClN3OS. The third kappa shape index (κ3) is 3.00. The molecule has 0 fully saturated rings. The number of halogens is 1. The van der Waals surface area contributed by atoms with Gasteiger partial charge in [-0.3, -0.25) is 9.89 Å². The van der Waals surface area contributed by atoms with Crippen molar-refractivity contribution in [3.8, 4) is 0 Å². The molecule has 1 amide bonds. The Kier molecular flexibility index (Phi) is 3.84. The van der Waals surface area contributed by atoms with Crippen LogP contribution in [-0.2, 0) is 4.79 Å². The van der Waals surface area contributed by atoms with Crippen LogP contribution in [0.5, 0.6) is 0 Å². The van der Waals surface area contributed by atoms with Gasteiger partial charge in [0, 0.05) is 22.2 Å². The van der Waals surface area contributed by atoms with E-state index in [2.05, 4.69) is 15.5 Å². The van der Waals surface area contributed by atoms with Gasteiger partial charge in [-0.2, -0.15) is 5.10 Å². The van der Waals surface area contributed by atoms with E-state index in [1.165, 1.54) is 17.4 Å².